The van der Waals surface area contributed by atoms with E-state index in [1.54, 1.807) is 12.4 Å². The Morgan fingerprint density at radius 3 is 0.867 bits per heavy atom. The molecule has 0 aliphatic heterocycles. The highest BCUT2D eigenvalue weighted by molar-refractivity contribution is 9.39. The normalized spacial score (nSPS) is 13.6. The fourth-order valence-corrected chi connectivity index (χ4v) is 8.06. The molecule has 0 bridgehead atoms. The quantitative estimate of drug-likeness (QED) is 0.0689. The van der Waals surface area contributed by atoms with Crippen molar-refractivity contribution in [2.45, 2.75) is 58.3 Å². The summed E-state index contributed by atoms with van der Waals surface area (Å²) >= 11 is 9.91. The molecule has 1 heterocycles. The van der Waals surface area contributed by atoms with Crippen LogP contribution in [0.1, 0.15) is 50.1 Å². The van der Waals surface area contributed by atoms with Crippen molar-refractivity contribution in [3.63, 3.8) is 0 Å². The average Bonchev–Trinajstić information content (AvgIpc) is 3.25. The third-order valence-corrected chi connectivity index (χ3v) is 11.1. The number of halogens is 27. The first-order valence-electron chi connectivity index (χ1n) is 19.8. The molecular weight excluding hydrogens is 1280 g/mol. The highest BCUT2D eigenvalue weighted by Gasteiger charge is 2.47. The van der Waals surface area contributed by atoms with Crippen molar-refractivity contribution in [2.75, 3.05) is 0 Å². The highest BCUT2D eigenvalue weighted by atomic mass is 80.0. The van der Waals surface area contributed by atoms with Crippen molar-refractivity contribution in [1.29, 1.82) is 0 Å². The fraction of sp³-hybridized carbons (Fsp3) is 0.227. The molecule has 6 rings (SSSR count). The first-order chi connectivity index (χ1) is 33.8. The standard InChI is InChI=1S/C32H12BF24.C12H10Br3N2O/c34-25(35,36)13-1-14(26(37,38)39)6-21(5-13)33(22-7-15(27(40,41)42)2-16(8-22)28(43,44)45,23-9-17(29(46,47)48)3-18(10-23)30(49,50)51)24-11-19(31(52,53)54)4-20(12-24)32(55,56)57;13-12(14,15)18-11-8-16-6-7-17(11)9-10-4-2-1-3-5-10/h1-12H;1-8H,9H2/q-1;+1. The van der Waals surface area contributed by atoms with Crippen LogP contribution in [0, 0.1) is 0 Å². The van der Waals surface area contributed by atoms with E-state index in [9.17, 15) is 105 Å². The van der Waals surface area contributed by atoms with Gasteiger partial charge >= 0.3 is 55.3 Å². The van der Waals surface area contributed by atoms with E-state index in [0.29, 0.717) is 5.88 Å². The summed E-state index contributed by atoms with van der Waals surface area (Å²) in [6.07, 6.45) is -49.5. The minimum absolute atomic E-state index is 0.645. The number of alkyl halides is 27. The Kier molecular flexibility index (Phi) is 17.0. The molecule has 0 amide bonds. The van der Waals surface area contributed by atoms with Crippen LogP contribution in [0.25, 0.3) is 0 Å². The van der Waals surface area contributed by atoms with Crippen molar-refractivity contribution < 1.29 is 115 Å². The molecule has 0 N–H and O–H groups in total. The van der Waals surface area contributed by atoms with Crippen LogP contribution in [0.2, 0.25) is 0 Å². The van der Waals surface area contributed by atoms with Gasteiger partial charge in [-0.1, -0.05) is 78.9 Å². The van der Waals surface area contributed by atoms with E-state index >= 15 is 0 Å². The molecule has 0 unspecified atom stereocenters. The number of hydrogen-bond acceptors (Lipinski definition) is 2. The Hall–Kier alpha value is -5.20. The second kappa shape index (κ2) is 21.0. The summed E-state index contributed by atoms with van der Waals surface area (Å²) in [6, 6.07) is 1.36. The van der Waals surface area contributed by atoms with E-state index in [4.69, 9.17) is 4.74 Å². The Labute approximate surface area is 429 Å². The van der Waals surface area contributed by atoms with Crippen molar-refractivity contribution in [3.05, 3.63) is 172 Å². The topological polar surface area (TPSA) is 26.0 Å². The highest BCUT2D eigenvalue weighted by Crippen LogP contribution is 2.42. The zero-order chi connectivity index (χ0) is 56.9. The predicted octanol–water partition coefficient (Wildman–Crippen LogP) is 14.8. The first kappa shape index (κ1) is 60.7. The van der Waals surface area contributed by atoms with Gasteiger partial charge in [0.15, 0.2) is 12.7 Å². The van der Waals surface area contributed by atoms with Crippen LogP contribution in [-0.2, 0) is 56.0 Å². The van der Waals surface area contributed by atoms with Gasteiger partial charge in [-0.05, 0) is 72.1 Å². The lowest BCUT2D eigenvalue weighted by Gasteiger charge is -2.46. The van der Waals surface area contributed by atoms with E-state index in [-0.39, 0.29) is 0 Å². The third-order valence-electron chi connectivity index (χ3n) is 10.7. The SMILES string of the molecule is BrC(Br)(Br)Oc1cncc[n+]1Cc1ccccc1.FC(F)(F)c1cc([B-](c2cc(C(F)(F)F)cc(C(F)(F)F)c2)(c2cc(C(F)(F)F)cc(C(F)(F)F)c2)c2cc(C(F)(F)F)cc(C(F)(F)F)c2)cc(C(F)(F)F)c1. The number of ether oxygens (including phenoxy) is 1. The Morgan fingerprint density at radius 2 is 0.640 bits per heavy atom. The van der Waals surface area contributed by atoms with Gasteiger partial charge in [0.25, 0.3) is 2.33 Å². The smallest absolute Gasteiger partial charge is 0.404 e. The fourth-order valence-electron chi connectivity index (χ4n) is 7.56. The van der Waals surface area contributed by atoms with Crippen LogP contribution in [0.3, 0.4) is 0 Å². The number of nitrogens with zero attached hydrogens (tertiary/aromatic N) is 2. The summed E-state index contributed by atoms with van der Waals surface area (Å²) in [6.45, 7) is 0.724. The molecular formula is C44H22BBr3F24N2O. The van der Waals surface area contributed by atoms with Crippen LogP contribution >= 0.6 is 47.8 Å². The minimum Gasteiger partial charge on any atom is -0.404 e. The number of benzene rings is 5. The molecule has 0 atom stereocenters. The van der Waals surface area contributed by atoms with Crippen molar-refractivity contribution in [1.82, 2.24) is 4.98 Å². The van der Waals surface area contributed by atoms with Gasteiger partial charge in [-0.15, -0.1) is 0 Å². The molecule has 0 saturated carbocycles. The summed E-state index contributed by atoms with van der Waals surface area (Å²) in [4.78, 5) is 4.06. The van der Waals surface area contributed by atoms with Crippen LogP contribution in [0.5, 0.6) is 5.88 Å². The van der Waals surface area contributed by atoms with E-state index in [2.05, 4.69) is 64.9 Å². The Balaban J connectivity index is 0.000000483. The monoisotopic (exact) mass is 1300 g/mol. The summed E-state index contributed by atoms with van der Waals surface area (Å²) < 4.78 is 348. The zero-order valence-electron chi connectivity index (χ0n) is 35.8. The molecule has 0 aliphatic carbocycles. The first-order valence-corrected chi connectivity index (χ1v) is 22.2. The molecule has 0 aliphatic rings. The van der Waals surface area contributed by atoms with Gasteiger partial charge in [0.05, 0.1) is 50.7 Å². The van der Waals surface area contributed by atoms with Gasteiger partial charge in [0, 0.05) is 5.56 Å². The van der Waals surface area contributed by atoms with Crippen molar-refractivity contribution >= 4 is 75.8 Å². The maximum Gasteiger partial charge on any atom is 0.416 e. The van der Waals surface area contributed by atoms with Crippen LogP contribution in [0.15, 0.2) is 122 Å². The van der Waals surface area contributed by atoms with Gasteiger partial charge in [0.1, 0.15) is 12.3 Å². The largest absolute Gasteiger partial charge is 0.416 e. The summed E-state index contributed by atoms with van der Waals surface area (Å²) in [5, 5.41) is 0. The van der Waals surface area contributed by atoms with Crippen molar-refractivity contribution in [2.24, 2.45) is 0 Å². The second-order valence-corrected chi connectivity index (χ2v) is 22.3. The third kappa shape index (κ3) is 15.1. The molecule has 406 valence electrons. The molecule has 31 heteroatoms. The maximum atomic E-state index is 14.2. The molecule has 6 aromatic rings. The van der Waals surface area contributed by atoms with E-state index < -0.39 is 197 Å². The van der Waals surface area contributed by atoms with Crippen molar-refractivity contribution in [3.8, 4) is 5.88 Å². The Morgan fingerprint density at radius 1 is 0.387 bits per heavy atom. The van der Waals surface area contributed by atoms with Crippen LogP contribution < -0.4 is 31.2 Å². The number of aromatic nitrogens is 2. The van der Waals surface area contributed by atoms with Gasteiger partial charge in [-0.2, -0.15) is 132 Å². The minimum atomic E-state index is -6.13. The van der Waals surface area contributed by atoms with Gasteiger partial charge in [0.2, 0.25) is 0 Å². The zero-order valence-corrected chi connectivity index (χ0v) is 40.6. The van der Waals surface area contributed by atoms with Gasteiger partial charge in [-0.25, -0.2) is 4.98 Å². The summed E-state index contributed by atoms with van der Waals surface area (Å²) in [5.41, 5.74) is -29.0. The lowest BCUT2D eigenvalue weighted by atomic mass is 9.12. The maximum absolute atomic E-state index is 14.2. The van der Waals surface area contributed by atoms with E-state index in [1.807, 2.05) is 29.0 Å². The molecule has 0 spiro atoms. The molecule has 75 heavy (non-hydrogen) atoms. The molecule has 3 nitrogen and oxygen atoms in total. The number of rotatable bonds is 7. The van der Waals surface area contributed by atoms with Gasteiger partial charge in [-0.3, -0.25) is 0 Å². The predicted molar refractivity (Wildman–Crippen MR) is 230 cm³/mol. The molecule has 0 radical (unpaired) electrons. The average molecular weight is 1300 g/mol. The molecule has 1 aromatic heterocycles. The van der Waals surface area contributed by atoms with Crippen LogP contribution in [-0.4, -0.2) is 13.5 Å². The van der Waals surface area contributed by atoms with Gasteiger partial charge < -0.3 is 4.74 Å². The molecule has 0 fully saturated rings. The second-order valence-electron chi connectivity index (χ2n) is 15.8. The molecule has 0 saturated heterocycles. The summed E-state index contributed by atoms with van der Waals surface area (Å²) in [5.74, 6) is 0.645. The number of hydrogen-bond donors (Lipinski definition) is 0. The van der Waals surface area contributed by atoms with E-state index in [1.165, 1.54) is 5.56 Å². The Bertz CT molecular complexity index is 2550. The lowest BCUT2D eigenvalue weighted by molar-refractivity contribution is -0.694. The lowest BCUT2D eigenvalue weighted by Crippen LogP contribution is -2.75. The molecule has 5 aromatic carbocycles. The van der Waals surface area contributed by atoms with Crippen LogP contribution in [0.4, 0.5) is 105 Å². The summed E-state index contributed by atoms with van der Waals surface area (Å²) in [7, 11) is 0. The van der Waals surface area contributed by atoms with E-state index in [0.717, 1.165) is 6.54 Å².